The predicted molar refractivity (Wildman–Crippen MR) is 68.4 cm³/mol. The number of allylic oxidation sites excluding steroid dienone is 1. The van der Waals surface area contributed by atoms with Gasteiger partial charge in [0.2, 0.25) is 0 Å². The SMILES string of the molecule is C=C(C)c1ccc2oc3ccccc3c2c1. The first-order valence-electron chi connectivity index (χ1n) is 5.33. The van der Waals surface area contributed by atoms with Crippen LogP contribution in [0, 0.1) is 0 Å². The zero-order chi connectivity index (χ0) is 11.1. The lowest BCUT2D eigenvalue weighted by atomic mass is 10.1. The van der Waals surface area contributed by atoms with Crippen molar-refractivity contribution in [2.75, 3.05) is 0 Å². The molecule has 1 heterocycles. The van der Waals surface area contributed by atoms with E-state index in [9.17, 15) is 0 Å². The normalized spacial score (nSPS) is 11.1. The number of rotatable bonds is 1. The number of para-hydroxylation sites is 1. The molecule has 16 heavy (non-hydrogen) atoms. The van der Waals surface area contributed by atoms with Crippen LogP contribution in [0.4, 0.5) is 0 Å². The molecule has 3 aromatic rings. The van der Waals surface area contributed by atoms with Gasteiger partial charge in [-0.2, -0.15) is 0 Å². The van der Waals surface area contributed by atoms with Gasteiger partial charge in [0.15, 0.2) is 0 Å². The highest BCUT2D eigenvalue weighted by molar-refractivity contribution is 6.05. The van der Waals surface area contributed by atoms with E-state index in [2.05, 4.69) is 18.7 Å². The maximum atomic E-state index is 5.76. The smallest absolute Gasteiger partial charge is 0.135 e. The molecular weight excluding hydrogens is 196 g/mol. The number of furan rings is 1. The van der Waals surface area contributed by atoms with E-state index >= 15 is 0 Å². The lowest BCUT2D eigenvalue weighted by Crippen LogP contribution is -1.76. The zero-order valence-corrected chi connectivity index (χ0v) is 9.16. The molecule has 0 bridgehead atoms. The predicted octanol–water partition coefficient (Wildman–Crippen LogP) is 4.62. The molecule has 3 rings (SSSR count). The molecule has 2 aromatic carbocycles. The highest BCUT2D eigenvalue weighted by atomic mass is 16.3. The summed E-state index contributed by atoms with van der Waals surface area (Å²) in [6, 6.07) is 14.3. The summed E-state index contributed by atoms with van der Waals surface area (Å²) in [5, 5.41) is 2.33. The van der Waals surface area contributed by atoms with Crippen molar-refractivity contribution < 1.29 is 4.42 Å². The Bertz CT molecular complexity index is 689. The van der Waals surface area contributed by atoms with Crippen LogP contribution in [-0.4, -0.2) is 0 Å². The van der Waals surface area contributed by atoms with Gasteiger partial charge in [-0.15, -0.1) is 0 Å². The van der Waals surface area contributed by atoms with Gasteiger partial charge in [0, 0.05) is 10.8 Å². The summed E-state index contributed by atoms with van der Waals surface area (Å²) in [4.78, 5) is 0. The van der Waals surface area contributed by atoms with Crippen molar-refractivity contribution in [3.05, 3.63) is 54.6 Å². The fourth-order valence-corrected chi connectivity index (χ4v) is 1.99. The molecule has 0 saturated heterocycles. The Hall–Kier alpha value is -2.02. The molecule has 0 unspecified atom stereocenters. The van der Waals surface area contributed by atoms with Crippen molar-refractivity contribution in [3.8, 4) is 0 Å². The first-order valence-corrected chi connectivity index (χ1v) is 5.33. The Balaban J connectivity index is 2.44. The van der Waals surface area contributed by atoms with Crippen molar-refractivity contribution in [1.29, 1.82) is 0 Å². The Kier molecular flexibility index (Phi) is 1.87. The molecule has 0 aliphatic carbocycles. The standard InChI is InChI=1S/C15H12O/c1-10(2)11-7-8-15-13(9-11)12-5-3-4-6-14(12)16-15/h3-9H,1H2,2H3. The van der Waals surface area contributed by atoms with Gasteiger partial charge in [0.25, 0.3) is 0 Å². The van der Waals surface area contributed by atoms with E-state index in [1.807, 2.05) is 37.3 Å². The third-order valence-corrected chi connectivity index (χ3v) is 2.87. The zero-order valence-electron chi connectivity index (χ0n) is 9.16. The van der Waals surface area contributed by atoms with Crippen molar-refractivity contribution in [2.24, 2.45) is 0 Å². The Morgan fingerprint density at radius 1 is 1.00 bits per heavy atom. The van der Waals surface area contributed by atoms with Crippen LogP contribution < -0.4 is 0 Å². The summed E-state index contributed by atoms with van der Waals surface area (Å²) in [7, 11) is 0. The topological polar surface area (TPSA) is 13.1 Å². The Morgan fingerprint density at radius 3 is 2.56 bits per heavy atom. The maximum Gasteiger partial charge on any atom is 0.135 e. The van der Waals surface area contributed by atoms with Crippen LogP contribution in [0.5, 0.6) is 0 Å². The van der Waals surface area contributed by atoms with Crippen LogP contribution in [0.3, 0.4) is 0 Å². The average Bonchev–Trinajstić information content (AvgIpc) is 2.66. The molecule has 0 fully saturated rings. The summed E-state index contributed by atoms with van der Waals surface area (Å²) in [5.74, 6) is 0. The highest BCUT2D eigenvalue weighted by Gasteiger charge is 2.06. The maximum absolute atomic E-state index is 5.76. The quantitative estimate of drug-likeness (QED) is 0.568. The molecule has 0 aliphatic rings. The molecule has 0 radical (unpaired) electrons. The third kappa shape index (κ3) is 1.25. The fourth-order valence-electron chi connectivity index (χ4n) is 1.99. The van der Waals surface area contributed by atoms with E-state index in [1.54, 1.807) is 0 Å². The molecule has 1 nitrogen and oxygen atoms in total. The second kappa shape index (κ2) is 3.24. The van der Waals surface area contributed by atoms with Crippen molar-refractivity contribution >= 4 is 27.5 Å². The van der Waals surface area contributed by atoms with Crippen molar-refractivity contribution in [3.63, 3.8) is 0 Å². The van der Waals surface area contributed by atoms with Gasteiger partial charge in [-0.3, -0.25) is 0 Å². The summed E-state index contributed by atoms with van der Waals surface area (Å²) in [6.07, 6.45) is 0. The molecule has 0 N–H and O–H groups in total. The minimum absolute atomic E-state index is 0.936. The van der Waals surface area contributed by atoms with E-state index in [0.29, 0.717) is 0 Å². The van der Waals surface area contributed by atoms with Gasteiger partial charge in [0.1, 0.15) is 11.2 Å². The highest BCUT2D eigenvalue weighted by Crippen LogP contribution is 2.30. The van der Waals surface area contributed by atoms with E-state index in [4.69, 9.17) is 4.42 Å². The van der Waals surface area contributed by atoms with Crippen LogP contribution >= 0.6 is 0 Å². The van der Waals surface area contributed by atoms with Crippen LogP contribution in [0.2, 0.25) is 0 Å². The number of fused-ring (bicyclic) bond motifs is 3. The molecule has 0 amide bonds. The summed E-state index contributed by atoms with van der Waals surface area (Å²) >= 11 is 0. The number of hydrogen-bond donors (Lipinski definition) is 0. The second-order valence-electron chi connectivity index (χ2n) is 4.09. The van der Waals surface area contributed by atoms with E-state index in [-0.39, 0.29) is 0 Å². The van der Waals surface area contributed by atoms with Gasteiger partial charge >= 0.3 is 0 Å². The van der Waals surface area contributed by atoms with Gasteiger partial charge in [-0.05, 0) is 30.7 Å². The molecule has 0 aliphatic heterocycles. The minimum Gasteiger partial charge on any atom is -0.456 e. The van der Waals surface area contributed by atoms with E-state index in [0.717, 1.165) is 22.1 Å². The van der Waals surface area contributed by atoms with Gasteiger partial charge in [0.05, 0.1) is 0 Å². The molecule has 1 heteroatoms. The van der Waals surface area contributed by atoms with Crippen LogP contribution in [0.25, 0.3) is 27.5 Å². The first kappa shape index (κ1) is 9.22. The van der Waals surface area contributed by atoms with Gasteiger partial charge in [-0.25, -0.2) is 0 Å². The number of benzene rings is 2. The van der Waals surface area contributed by atoms with Crippen molar-refractivity contribution in [2.45, 2.75) is 6.92 Å². The van der Waals surface area contributed by atoms with Crippen LogP contribution in [0.15, 0.2) is 53.5 Å². The van der Waals surface area contributed by atoms with Crippen molar-refractivity contribution in [1.82, 2.24) is 0 Å². The first-order chi connectivity index (χ1) is 7.75. The van der Waals surface area contributed by atoms with E-state index < -0.39 is 0 Å². The molecule has 78 valence electrons. The largest absolute Gasteiger partial charge is 0.456 e. The lowest BCUT2D eigenvalue weighted by molar-refractivity contribution is 0.669. The third-order valence-electron chi connectivity index (χ3n) is 2.87. The number of hydrogen-bond acceptors (Lipinski definition) is 1. The summed E-state index contributed by atoms with van der Waals surface area (Å²) in [5.41, 5.74) is 4.12. The molecular formula is C15H12O. The summed E-state index contributed by atoms with van der Waals surface area (Å²) < 4.78 is 5.76. The summed E-state index contributed by atoms with van der Waals surface area (Å²) in [6.45, 7) is 5.98. The monoisotopic (exact) mass is 208 g/mol. The molecule has 0 saturated carbocycles. The van der Waals surface area contributed by atoms with Crippen LogP contribution in [-0.2, 0) is 0 Å². The average molecular weight is 208 g/mol. The fraction of sp³-hybridized carbons (Fsp3) is 0.0667. The lowest BCUT2D eigenvalue weighted by Gasteiger charge is -1.98. The molecule has 0 atom stereocenters. The second-order valence-corrected chi connectivity index (χ2v) is 4.09. The van der Waals surface area contributed by atoms with Gasteiger partial charge < -0.3 is 4.42 Å². The Morgan fingerprint density at radius 2 is 1.75 bits per heavy atom. The van der Waals surface area contributed by atoms with Gasteiger partial charge in [-0.1, -0.05) is 36.4 Å². The van der Waals surface area contributed by atoms with Crippen LogP contribution in [0.1, 0.15) is 12.5 Å². The molecule has 0 spiro atoms. The minimum atomic E-state index is 0.936. The molecule has 1 aromatic heterocycles. The van der Waals surface area contributed by atoms with E-state index in [1.165, 1.54) is 10.9 Å². The Labute approximate surface area is 94.0 Å².